The Bertz CT molecular complexity index is 606. The SMILES string of the molecule is COC(=O)c1ccc(C(=O)c2ncccc2Br)o1. The Morgan fingerprint density at radius 1 is 1.28 bits per heavy atom. The molecule has 2 aromatic rings. The molecule has 0 aliphatic carbocycles. The highest BCUT2D eigenvalue weighted by atomic mass is 79.9. The molecule has 2 aromatic heterocycles. The average molecular weight is 310 g/mol. The van der Waals surface area contributed by atoms with Gasteiger partial charge in [0.1, 0.15) is 5.69 Å². The molecule has 2 rings (SSSR count). The Morgan fingerprint density at radius 2 is 2.00 bits per heavy atom. The van der Waals surface area contributed by atoms with Crippen LogP contribution in [0.1, 0.15) is 26.8 Å². The maximum atomic E-state index is 12.1. The summed E-state index contributed by atoms with van der Waals surface area (Å²) in [5.41, 5.74) is 0.225. The number of rotatable bonds is 3. The number of furan rings is 1. The lowest BCUT2D eigenvalue weighted by atomic mass is 10.2. The first-order chi connectivity index (χ1) is 8.63. The van der Waals surface area contributed by atoms with Gasteiger partial charge in [-0.25, -0.2) is 4.79 Å². The molecule has 0 saturated carbocycles. The minimum Gasteiger partial charge on any atom is -0.463 e. The fourth-order valence-electron chi connectivity index (χ4n) is 1.34. The highest BCUT2D eigenvalue weighted by Gasteiger charge is 2.20. The van der Waals surface area contributed by atoms with E-state index in [1.54, 1.807) is 12.1 Å². The van der Waals surface area contributed by atoms with Crippen LogP contribution in [0.2, 0.25) is 0 Å². The predicted molar refractivity (Wildman–Crippen MR) is 65.4 cm³/mol. The molecule has 0 spiro atoms. The number of methoxy groups -OCH3 is 1. The van der Waals surface area contributed by atoms with Crippen molar-refractivity contribution in [3.05, 3.63) is 52.1 Å². The Hall–Kier alpha value is -1.95. The van der Waals surface area contributed by atoms with Crippen LogP contribution in [0.5, 0.6) is 0 Å². The first-order valence-corrected chi connectivity index (χ1v) is 5.76. The van der Waals surface area contributed by atoms with Crippen LogP contribution in [0.25, 0.3) is 0 Å². The molecule has 2 heterocycles. The molecule has 0 fully saturated rings. The van der Waals surface area contributed by atoms with E-state index in [-0.39, 0.29) is 17.2 Å². The van der Waals surface area contributed by atoms with Crippen molar-refractivity contribution < 1.29 is 18.7 Å². The standard InChI is InChI=1S/C12H8BrNO4/c1-17-12(16)9-5-4-8(18-9)11(15)10-7(13)3-2-6-14-10/h2-6H,1H3. The van der Waals surface area contributed by atoms with Crippen LogP contribution < -0.4 is 0 Å². The van der Waals surface area contributed by atoms with Gasteiger partial charge in [-0.2, -0.15) is 0 Å². The van der Waals surface area contributed by atoms with Gasteiger partial charge in [0.25, 0.3) is 0 Å². The third-order valence-electron chi connectivity index (χ3n) is 2.19. The molecule has 0 aliphatic heterocycles. The zero-order valence-electron chi connectivity index (χ0n) is 9.34. The highest BCUT2D eigenvalue weighted by Crippen LogP contribution is 2.19. The van der Waals surface area contributed by atoms with Gasteiger partial charge in [-0.3, -0.25) is 9.78 Å². The maximum Gasteiger partial charge on any atom is 0.373 e. The van der Waals surface area contributed by atoms with E-state index in [2.05, 4.69) is 25.7 Å². The van der Waals surface area contributed by atoms with Crippen LogP contribution in [0.4, 0.5) is 0 Å². The average Bonchev–Trinajstić information content (AvgIpc) is 2.87. The first kappa shape index (κ1) is 12.5. The van der Waals surface area contributed by atoms with E-state index in [1.807, 2.05) is 0 Å². The molecule has 18 heavy (non-hydrogen) atoms. The van der Waals surface area contributed by atoms with Crippen LogP contribution >= 0.6 is 15.9 Å². The number of hydrogen-bond acceptors (Lipinski definition) is 5. The number of nitrogens with zero attached hydrogens (tertiary/aromatic N) is 1. The minimum absolute atomic E-state index is 0.0205. The lowest BCUT2D eigenvalue weighted by Crippen LogP contribution is -2.04. The molecule has 5 nitrogen and oxygen atoms in total. The number of ether oxygens (including phenoxy) is 1. The molecular formula is C12H8BrNO4. The van der Waals surface area contributed by atoms with Crippen molar-refractivity contribution in [2.75, 3.05) is 7.11 Å². The molecule has 0 aromatic carbocycles. The Labute approximate surface area is 111 Å². The summed E-state index contributed by atoms with van der Waals surface area (Å²) in [5, 5.41) is 0. The maximum absolute atomic E-state index is 12.1. The number of carbonyl (C=O) groups is 2. The van der Waals surface area contributed by atoms with E-state index in [4.69, 9.17) is 4.42 Å². The Balaban J connectivity index is 2.33. The largest absolute Gasteiger partial charge is 0.463 e. The smallest absolute Gasteiger partial charge is 0.373 e. The number of aromatic nitrogens is 1. The zero-order valence-corrected chi connectivity index (χ0v) is 10.9. The Kier molecular flexibility index (Phi) is 3.57. The number of hydrogen-bond donors (Lipinski definition) is 0. The third-order valence-corrected chi connectivity index (χ3v) is 2.83. The van der Waals surface area contributed by atoms with Crippen molar-refractivity contribution in [1.29, 1.82) is 0 Å². The van der Waals surface area contributed by atoms with Crippen LogP contribution in [0.15, 0.2) is 39.4 Å². The summed E-state index contributed by atoms with van der Waals surface area (Å²) < 4.78 is 10.2. The van der Waals surface area contributed by atoms with E-state index in [9.17, 15) is 9.59 Å². The Morgan fingerprint density at radius 3 is 2.67 bits per heavy atom. The second-order valence-electron chi connectivity index (χ2n) is 3.32. The van der Waals surface area contributed by atoms with Gasteiger partial charge in [-0.05, 0) is 40.2 Å². The second kappa shape index (κ2) is 5.14. The summed E-state index contributed by atoms with van der Waals surface area (Å²) in [6.07, 6.45) is 1.50. The number of carbonyl (C=O) groups excluding carboxylic acids is 2. The van der Waals surface area contributed by atoms with Gasteiger partial charge < -0.3 is 9.15 Å². The number of halogens is 1. The van der Waals surface area contributed by atoms with E-state index in [1.165, 1.54) is 25.4 Å². The summed E-state index contributed by atoms with van der Waals surface area (Å²) in [5.74, 6) is -1.02. The van der Waals surface area contributed by atoms with Crippen molar-refractivity contribution in [2.45, 2.75) is 0 Å². The summed E-state index contributed by atoms with van der Waals surface area (Å²) in [6, 6.07) is 6.19. The van der Waals surface area contributed by atoms with E-state index in [0.717, 1.165) is 0 Å². The molecule has 0 amide bonds. The van der Waals surface area contributed by atoms with Gasteiger partial charge >= 0.3 is 5.97 Å². The molecule has 92 valence electrons. The monoisotopic (exact) mass is 309 g/mol. The summed E-state index contributed by atoms with van der Waals surface area (Å²) in [7, 11) is 1.24. The first-order valence-electron chi connectivity index (χ1n) is 4.97. The molecule has 0 bridgehead atoms. The van der Waals surface area contributed by atoms with Gasteiger partial charge in [0.15, 0.2) is 5.76 Å². The molecular weight excluding hydrogens is 302 g/mol. The molecule has 6 heteroatoms. The zero-order chi connectivity index (χ0) is 13.1. The van der Waals surface area contributed by atoms with Crippen molar-refractivity contribution >= 4 is 27.7 Å². The van der Waals surface area contributed by atoms with E-state index < -0.39 is 11.8 Å². The lowest BCUT2D eigenvalue weighted by Gasteiger charge is -1.99. The summed E-state index contributed by atoms with van der Waals surface area (Å²) in [6.45, 7) is 0. The fourth-order valence-corrected chi connectivity index (χ4v) is 1.77. The topological polar surface area (TPSA) is 69.4 Å². The number of pyridine rings is 1. The molecule has 0 N–H and O–H groups in total. The lowest BCUT2D eigenvalue weighted by molar-refractivity contribution is 0.0563. The van der Waals surface area contributed by atoms with Gasteiger partial charge in [0.2, 0.25) is 11.5 Å². The molecule has 0 radical (unpaired) electrons. The normalized spacial score (nSPS) is 10.1. The molecule has 0 saturated heterocycles. The van der Waals surface area contributed by atoms with Crippen molar-refractivity contribution in [1.82, 2.24) is 4.98 Å². The van der Waals surface area contributed by atoms with Crippen LogP contribution in [0.3, 0.4) is 0 Å². The molecule has 0 atom stereocenters. The number of ketones is 1. The van der Waals surface area contributed by atoms with Gasteiger partial charge in [-0.1, -0.05) is 0 Å². The minimum atomic E-state index is -0.630. The van der Waals surface area contributed by atoms with Gasteiger partial charge in [0.05, 0.1) is 7.11 Å². The third kappa shape index (κ3) is 2.33. The number of esters is 1. The van der Waals surface area contributed by atoms with Gasteiger partial charge in [0, 0.05) is 10.7 Å². The quantitative estimate of drug-likeness (QED) is 0.643. The molecule has 0 aliphatic rings. The van der Waals surface area contributed by atoms with Crippen LogP contribution in [-0.4, -0.2) is 23.8 Å². The van der Waals surface area contributed by atoms with Crippen molar-refractivity contribution in [3.63, 3.8) is 0 Å². The van der Waals surface area contributed by atoms with Crippen molar-refractivity contribution in [3.8, 4) is 0 Å². The molecule has 0 unspecified atom stereocenters. The van der Waals surface area contributed by atoms with Crippen molar-refractivity contribution in [2.24, 2.45) is 0 Å². The fraction of sp³-hybridized carbons (Fsp3) is 0.0833. The van der Waals surface area contributed by atoms with E-state index in [0.29, 0.717) is 4.47 Å². The van der Waals surface area contributed by atoms with Gasteiger partial charge in [-0.15, -0.1) is 0 Å². The van der Waals surface area contributed by atoms with Crippen LogP contribution in [-0.2, 0) is 4.74 Å². The highest BCUT2D eigenvalue weighted by molar-refractivity contribution is 9.10. The predicted octanol–water partition coefficient (Wildman–Crippen LogP) is 2.45. The second-order valence-corrected chi connectivity index (χ2v) is 4.17. The van der Waals surface area contributed by atoms with Crippen LogP contribution in [0, 0.1) is 0 Å². The summed E-state index contributed by atoms with van der Waals surface area (Å²) in [4.78, 5) is 27.2. The summed E-state index contributed by atoms with van der Waals surface area (Å²) >= 11 is 3.23. The van der Waals surface area contributed by atoms with E-state index >= 15 is 0 Å².